The van der Waals surface area contributed by atoms with E-state index in [9.17, 15) is 9.59 Å². The Kier molecular flexibility index (Phi) is 15.1. The summed E-state index contributed by atoms with van der Waals surface area (Å²) in [6, 6.07) is 14.6. The zero-order valence-electron chi connectivity index (χ0n) is 23.7. The highest BCUT2D eigenvalue weighted by atomic mass is 16.5. The molecule has 5 N–H and O–H groups in total. The quantitative estimate of drug-likeness (QED) is 0.0969. The summed E-state index contributed by atoms with van der Waals surface area (Å²) in [5.41, 5.74) is 6.88. The number of nitrogens with two attached hydrogens (primary N) is 1. The van der Waals surface area contributed by atoms with Crippen molar-refractivity contribution in [3.63, 3.8) is 0 Å². The van der Waals surface area contributed by atoms with Crippen LogP contribution in [-0.4, -0.2) is 82.3 Å². The highest BCUT2D eigenvalue weighted by Gasteiger charge is 2.22. The van der Waals surface area contributed by atoms with Crippen LogP contribution in [0.4, 0.5) is 11.4 Å². The van der Waals surface area contributed by atoms with Gasteiger partial charge in [0.25, 0.3) is 11.8 Å². The second kappa shape index (κ2) is 19.4. The highest BCUT2D eigenvalue weighted by molar-refractivity contribution is 6.12. The Hall–Kier alpha value is -3.64. The summed E-state index contributed by atoms with van der Waals surface area (Å²) in [4.78, 5) is 24.3. The predicted molar refractivity (Wildman–Crippen MR) is 160 cm³/mol. The number of unbranched alkanes of at least 4 members (excludes halogenated alkanes) is 1. The van der Waals surface area contributed by atoms with E-state index in [0.717, 1.165) is 75.0 Å². The fraction of sp³-hybridized carbons (Fsp3) is 0.467. The van der Waals surface area contributed by atoms with E-state index in [1.165, 1.54) is 25.0 Å². The second-order valence-corrected chi connectivity index (χ2v) is 9.50. The van der Waals surface area contributed by atoms with Crippen molar-refractivity contribution >= 4 is 23.2 Å². The van der Waals surface area contributed by atoms with E-state index in [0.29, 0.717) is 18.0 Å². The number of ether oxygens (including phenoxy) is 2. The van der Waals surface area contributed by atoms with Crippen LogP contribution >= 0.6 is 0 Å². The van der Waals surface area contributed by atoms with Gasteiger partial charge in [-0.1, -0.05) is 0 Å². The van der Waals surface area contributed by atoms with Crippen LogP contribution in [0.2, 0.25) is 0 Å². The zero-order valence-corrected chi connectivity index (χ0v) is 23.7. The van der Waals surface area contributed by atoms with Gasteiger partial charge >= 0.3 is 0 Å². The van der Waals surface area contributed by atoms with Crippen LogP contribution in [0.15, 0.2) is 70.9 Å². The average molecular weight is 566 g/mol. The largest absolute Gasteiger partial charge is 0.492 e. The smallest absolute Gasteiger partial charge is 0.253 e. The van der Waals surface area contributed by atoms with Crippen molar-refractivity contribution in [1.82, 2.24) is 20.9 Å². The standard InChI is InChI=1S/C30H43N7O4/c31-15-3-18-32-16-1-2-17-33-19-4-20-34-21-23-40-27-9-5-25(6-10-27)35-36-26-7-11-28(12-8-26)41-24-22-37-29(38)13-14-30(37)39/h5-14,32-34H,1-4,15-24,31H2. The minimum atomic E-state index is -0.314. The van der Waals surface area contributed by atoms with Crippen molar-refractivity contribution in [2.75, 3.05) is 65.6 Å². The Morgan fingerprint density at radius 2 is 1.07 bits per heavy atom. The molecule has 41 heavy (non-hydrogen) atoms. The number of nitrogens with zero attached hydrogens (tertiary/aromatic N) is 3. The third-order valence-corrected chi connectivity index (χ3v) is 6.21. The predicted octanol–water partition coefficient (Wildman–Crippen LogP) is 3.07. The van der Waals surface area contributed by atoms with Gasteiger partial charge in [-0.25, -0.2) is 0 Å². The molecule has 11 nitrogen and oxygen atoms in total. The first-order valence-corrected chi connectivity index (χ1v) is 14.4. The molecule has 0 bridgehead atoms. The van der Waals surface area contributed by atoms with E-state index in [4.69, 9.17) is 15.2 Å². The number of hydrogen-bond acceptors (Lipinski definition) is 10. The van der Waals surface area contributed by atoms with Gasteiger partial charge in [-0.05, 0) is 113 Å². The number of carbonyl (C=O) groups excluding carboxylic acids is 2. The van der Waals surface area contributed by atoms with Gasteiger partial charge in [-0.2, -0.15) is 10.2 Å². The lowest BCUT2D eigenvalue weighted by molar-refractivity contribution is -0.137. The van der Waals surface area contributed by atoms with E-state index in [-0.39, 0.29) is 25.0 Å². The molecule has 0 spiro atoms. The first-order chi connectivity index (χ1) is 20.2. The molecular formula is C30H43N7O4. The fourth-order valence-corrected chi connectivity index (χ4v) is 3.92. The summed E-state index contributed by atoms with van der Waals surface area (Å²) in [6.07, 6.45) is 7.03. The average Bonchev–Trinajstić information content (AvgIpc) is 3.31. The molecule has 222 valence electrons. The lowest BCUT2D eigenvalue weighted by atomic mass is 10.3. The highest BCUT2D eigenvalue weighted by Crippen LogP contribution is 2.23. The number of imide groups is 1. The molecule has 0 radical (unpaired) electrons. The molecule has 0 unspecified atom stereocenters. The number of carbonyl (C=O) groups is 2. The Labute approximate surface area is 242 Å². The molecule has 0 aromatic heterocycles. The van der Waals surface area contributed by atoms with Crippen LogP contribution in [0.25, 0.3) is 0 Å². The Bertz CT molecular complexity index is 1070. The van der Waals surface area contributed by atoms with E-state index >= 15 is 0 Å². The topological polar surface area (TPSA) is 143 Å². The van der Waals surface area contributed by atoms with Crippen LogP contribution in [0.5, 0.6) is 11.5 Å². The monoisotopic (exact) mass is 565 g/mol. The summed E-state index contributed by atoms with van der Waals surface area (Å²) in [5.74, 6) is 0.785. The maximum Gasteiger partial charge on any atom is 0.253 e. The molecule has 1 aliphatic heterocycles. The minimum absolute atomic E-state index is 0.204. The lowest BCUT2D eigenvalue weighted by Gasteiger charge is -2.14. The van der Waals surface area contributed by atoms with Gasteiger partial charge in [-0.3, -0.25) is 14.5 Å². The Balaban J connectivity index is 1.20. The Morgan fingerprint density at radius 3 is 1.61 bits per heavy atom. The van der Waals surface area contributed by atoms with E-state index in [2.05, 4.69) is 26.2 Å². The van der Waals surface area contributed by atoms with Crippen molar-refractivity contribution in [1.29, 1.82) is 0 Å². The molecule has 2 aromatic carbocycles. The molecule has 1 aliphatic rings. The molecule has 0 atom stereocenters. The molecule has 0 fully saturated rings. The van der Waals surface area contributed by atoms with Gasteiger partial charge in [0.2, 0.25) is 0 Å². The summed E-state index contributed by atoms with van der Waals surface area (Å²) in [6.45, 7) is 7.69. The number of benzene rings is 2. The molecular weight excluding hydrogens is 522 g/mol. The third-order valence-electron chi connectivity index (χ3n) is 6.21. The number of azo groups is 1. The summed E-state index contributed by atoms with van der Waals surface area (Å²) in [5, 5.41) is 18.8. The summed E-state index contributed by atoms with van der Waals surface area (Å²) < 4.78 is 11.4. The van der Waals surface area contributed by atoms with Gasteiger partial charge in [0, 0.05) is 18.7 Å². The number of rotatable bonds is 22. The molecule has 0 aliphatic carbocycles. The molecule has 2 amide bonds. The molecule has 0 saturated carbocycles. The number of nitrogens with one attached hydrogen (secondary N) is 3. The van der Waals surface area contributed by atoms with Gasteiger partial charge in [0.15, 0.2) is 0 Å². The van der Waals surface area contributed by atoms with Crippen molar-refractivity contribution in [2.45, 2.75) is 25.7 Å². The minimum Gasteiger partial charge on any atom is -0.492 e. The molecule has 3 rings (SSSR count). The lowest BCUT2D eigenvalue weighted by Crippen LogP contribution is -2.33. The van der Waals surface area contributed by atoms with Crippen molar-refractivity contribution < 1.29 is 19.1 Å². The van der Waals surface area contributed by atoms with Crippen LogP contribution in [0, 0.1) is 0 Å². The summed E-state index contributed by atoms with van der Waals surface area (Å²) in [7, 11) is 0. The Morgan fingerprint density at radius 1 is 0.610 bits per heavy atom. The van der Waals surface area contributed by atoms with Gasteiger partial charge in [-0.15, -0.1) is 0 Å². The van der Waals surface area contributed by atoms with Gasteiger partial charge in [0.1, 0.15) is 24.7 Å². The maximum absolute atomic E-state index is 11.6. The van der Waals surface area contributed by atoms with Crippen molar-refractivity contribution in [3.05, 3.63) is 60.7 Å². The third kappa shape index (κ3) is 13.0. The van der Waals surface area contributed by atoms with E-state index < -0.39 is 0 Å². The normalized spacial score (nSPS) is 13.0. The van der Waals surface area contributed by atoms with Crippen LogP contribution in [-0.2, 0) is 9.59 Å². The van der Waals surface area contributed by atoms with Gasteiger partial charge in [0.05, 0.1) is 17.9 Å². The fourth-order valence-electron chi connectivity index (χ4n) is 3.92. The maximum atomic E-state index is 11.6. The molecule has 0 saturated heterocycles. The number of amides is 2. The molecule has 11 heteroatoms. The number of hydrogen-bond donors (Lipinski definition) is 4. The van der Waals surface area contributed by atoms with Crippen molar-refractivity contribution in [3.8, 4) is 11.5 Å². The molecule has 1 heterocycles. The second-order valence-electron chi connectivity index (χ2n) is 9.50. The van der Waals surface area contributed by atoms with Crippen LogP contribution in [0.3, 0.4) is 0 Å². The van der Waals surface area contributed by atoms with E-state index in [1.807, 2.05) is 24.3 Å². The van der Waals surface area contributed by atoms with Gasteiger partial charge < -0.3 is 31.2 Å². The van der Waals surface area contributed by atoms with Crippen molar-refractivity contribution in [2.24, 2.45) is 16.0 Å². The first-order valence-electron chi connectivity index (χ1n) is 14.4. The SMILES string of the molecule is NCCCNCCCCNCCCNCCOc1ccc(N=Nc2ccc(OCCN3C(=O)C=CC3=O)cc2)cc1. The first kappa shape index (κ1) is 31.9. The van der Waals surface area contributed by atoms with E-state index in [1.54, 1.807) is 24.3 Å². The molecule has 2 aromatic rings. The summed E-state index contributed by atoms with van der Waals surface area (Å²) >= 11 is 0. The zero-order chi connectivity index (χ0) is 29.0. The van der Waals surface area contributed by atoms with Crippen LogP contribution in [0.1, 0.15) is 25.7 Å². The van der Waals surface area contributed by atoms with Crippen LogP contribution < -0.4 is 31.2 Å².